The van der Waals surface area contributed by atoms with Gasteiger partial charge in [-0.25, -0.2) is 0 Å². The molecule has 0 spiro atoms. The zero-order valence-corrected chi connectivity index (χ0v) is 19.3. The van der Waals surface area contributed by atoms with Gasteiger partial charge in [0.25, 0.3) is 0 Å². The van der Waals surface area contributed by atoms with Crippen molar-refractivity contribution in [1.29, 1.82) is 0 Å². The monoisotopic (exact) mass is 490 g/mol. The molecule has 0 unspecified atom stereocenters. The summed E-state index contributed by atoms with van der Waals surface area (Å²) in [7, 11) is 1.84. The van der Waals surface area contributed by atoms with Crippen LogP contribution < -0.4 is 5.32 Å². The number of nitrogens with one attached hydrogen (secondary N) is 1. The highest BCUT2D eigenvalue weighted by Crippen LogP contribution is 2.26. The topological polar surface area (TPSA) is 62.9 Å². The molecule has 0 aromatic carbocycles. The van der Waals surface area contributed by atoms with Crippen molar-refractivity contribution in [2.24, 2.45) is 10.9 Å². The summed E-state index contributed by atoms with van der Waals surface area (Å²) >= 11 is 0. The number of hydrogen-bond acceptors (Lipinski definition) is 4. The van der Waals surface area contributed by atoms with Crippen molar-refractivity contribution >= 4 is 29.9 Å². The number of aromatic nitrogens is 1. The zero-order valence-electron chi connectivity index (χ0n) is 16.9. The van der Waals surface area contributed by atoms with Gasteiger partial charge in [-0.15, -0.1) is 24.0 Å². The molecule has 154 valence electrons. The van der Waals surface area contributed by atoms with Crippen LogP contribution in [0, 0.1) is 5.92 Å². The summed E-state index contributed by atoms with van der Waals surface area (Å²) in [5, 5.41) is 7.51. The molecular formula is C20H35IN4O2. The molecule has 27 heavy (non-hydrogen) atoms. The summed E-state index contributed by atoms with van der Waals surface area (Å²) in [6.45, 7) is 7.79. The first-order chi connectivity index (χ1) is 12.7. The fourth-order valence-electron chi connectivity index (χ4n) is 3.87. The van der Waals surface area contributed by atoms with Crippen LogP contribution in [0.25, 0.3) is 0 Å². The third-order valence-electron chi connectivity index (χ3n) is 5.59. The van der Waals surface area contributed by atoms with E-state index in [1.807, 2.05) is 13.1 Å². The van der Waals surface area contributed by atoms with Crippen LogP contribution in [0.15, 0.2) is 15.6 Å². The summed E-state index contributed by atoms with van der Waals surface area (Å²) in [6.07, 6.45) is 8.05. The Bertz CT molecular complexity index is 576. The summed E-state index contributed by atoms with van der Waals surface area (Å²) in [5.74, 6) is 2.97. The van der Waals surface area contributed by atoms with Gasteiger partial charge in [0.1, 0.15) is 0 Å². The number of hydrogen-bond donors (Lipinski definition) is 1. The van der Waals surface area contributed by atoms with Crippen LogP contribution in [0.3, 0.4) is 0 Å². The second-order valence-corrected chi connectivity index (χ2v) is 7.94. The first kappa shape index (κ1) is 22.5. The predicted octanol–water partition coefficient (Wildman–Crippen LogP) is 4.16. The smallest absolute Gasteiger partial charge is 0.194 e. The molecule has 2 aliphatic rings. The summed E-state index contributed by atoms with van der Waals surface area (Å²) in [4.78, 5) is 6.75. The lowest BCUT2D eigenvalue weighted by Crippen LogP contribution is -2.46. The minimum Gasteiger partial charge on any atom is -0.378 e. The van der Waals surface area contributed by atoms with Crippen molar-refractivity contribution in [3.63, 3.8) is 0 Å². The summed E-state index contributed by atoms with van der Waals surface area (Å²) in [5.41, 5.74) is 0.997. The first-order valence-corrected chi connectivity index (χ1v) is 10.2. The van der Waals surface area contributed by atoms with Crippen LogP contribution in [0.2, 0.25) is 0 Å². The van der Waals surface area contributed by atoms with Gasteiger partial charge in [0.05, 0.1) is 18.3 Å². The highest BCUT2D eigenvalue weighted by Gasteiger charge is 2.24. The molecule has 3 rings (SSSR count). The Morgan fingerprint density at radius 1 is 1.30 bits per heavy atom. The summed E-state index contributed by atoms with van der Waals surface area (Å²) < 4.78 is 11.6. The molecule has 1 N–H and O–H groups in total. The Hall–Kier alpha value is -0.830. The van der Waals surface area contributed by atoms with E-state index < -0.39 is 0 Å². The highest BCUT2D eigenvalue weighted by molar-refractivity contribution is 14.0. The van der Waals surface area contributed by atoms with Crippen LogP contribution in [0.1, 0.15) is 69.7 Å². The van der Waals surface area contributed by atoms with Crippen LogP contribution in [-0.2, 0) is 11.3 Å². The molecule has 1 aromatic rings. The van der Waals surface area contributed by atoms with E-state index in [-0.39, 0.29) is 24.0 Å². The van der Waals surface area contributed by atoms with Gasteiger partial charge in [0, 0.05) is 32.8 Å². The van der Waals surface area contributed by atoms with Gasteiger partial charge in [-0.3, -0.25) is 4.99 Å². The van der Waals surface area contributed by atoms with Gasteiger partial charge in [0.15, 0.2) is 11.7 Å². The maximum atomic E-state index is 6.17. The van der Waals surface area contributed by atoms with Crippen molar-refractivity contribution < 1.29 is 9.26 Å². The number of rotatable bonds is 6. The van der Waals surface area contributed by atoms with Gasteiger partial charge < -0.3 is 19.5 Å². The minimum atomic E-state index is 0. The van der Waals surface area contributed by atoms with E-state index in [1.165, 1.54) is 25.7 Å². The normalized spacial score (nSPS) is 19.6. The van der Waals surface area contributed by atoms with Gasteiger partial charge >= 0.3 is 0 Å². The lowest BCUT2D eigenvalue weighted by molar-refractivity contribution is 0.000993. The van der Waals surface area contributed by atoms with E-state index in [0.717, 1.165) is 55.9 Å². The van der Waals surface area contributed by atoms with Crippen molar-refractivity contribution in [3.05, 3.63) is 17.5 Å². The van der Waals surface area contributed by atoms with Crippen molar-refractivity contribution in [2.45, 2.75) is 70.9 Å². The molecule has 0 atom stereocenters. The number of likely N-dealkylation sites (tertiary alicyclic amines) is 1. The maximum absolute atomic E-state index is 6.17. The lowest BCUT2D eigenvalue weighted by Gasteiger charge is -2.34. The van der Waals surface area contributed by atoms with E-state index in [4.69, 9.17) is 9.26 Å². The molecule has 1 aromatic heterocycles. The number of guanidine groups is 1. The molecule has 0 bridgehead atoms. The van der Waals surface area contributed by atoms with Crippen LogP contribution in [-0.4, -0.2) is 48.9 Å². The van der Waals surface area contributed by atoms with E-state index in [1.54, 1.807) is 0 Å². The van der Waals surface area contributed by atoms with Crippen molar-refractivity contribution in [2.75, 3.05) is 26.7 Å². The molecule has 1 aliphatic carbocycles. The van der Waals surface area contributed by atoms with Crippen molar-refractivity contribution in [3.8, 4) is 0 Å². The van der Waals surface area contributed by atoms with E-state index in [0.29, 0.717) is 18.6 Å². The van der Waals surface area contributed by atoms with Gasteiger partial charge in [-0.2, -0.15) is 0 Å². The molecular weight excluding hydrogens is 455 g/mol. The third-order valence-corrected chi connectivity index (χ3v) is 5.59. The quantitative estimate of drug-likeness (QED) is 0.369. The standard InChI is InChI=1S/C20H34N4O2.HI/c1-15(2)19-12-18(26-23-19)13-22-20(21-3)24-10-8-17(9-11-24)25-14-16-6-4-5-7-16;/h12,15-17H,4-11,13-14H2,1-3H3,(H,21,22);1H. The van der Waals surface area contributed by atoms with Crippen LogP contribution >= 0.6 is 24.0 Å². The molecule has 2 fully saturated rings. The van der Waals surface area contributed by atoms with Crippen LogP contribution in [0.4, 0.5) is 0 Å². The molecule has 1 saturated heterocycles. The zero-order chi connectivity index (χ0) is 18.4. The summed E-state index contributed by atoms with van der Waals surface area (Å²) in [6, 6.07) is 2.02. The Kier molecular flexibility index (Phi) is 9.35. The molecule has 7 heteroatoms. The van der Waals surface area contributed by atoms with Gasteiger partial charge in [-0.05, 0) is 37.5 Å². The number of aliphatic imine (C=N–C) groups is 1. The third kappa shape index (κ3) is 6.62. The first-order valence-electron chi connectivity index (χ1n) is 10.2. The fourth-order valence-corrected chi connectivity index (χ4v) is 3.87. The lowest BCUT2D eigenvalue weighted by atomic mass is 10.1. The van der Waals surface area contributed by atoms with Crippen LogP contribution in [0.5, 0.6) is 0 Å². The molecule has 0 amide bonds. The molecule has 0 radical (unpaired) electrons. The largest absolute Gasteiger partial charge is 0.378 e. The minimum absolute atomic E-state index is 0. The van der Waals surface area contributed by atoms with Gasteiger partial charge in [0.2, 0.25) is 0 Å². The Morgan fingerprint density at radius 2 is 2.00 bits per heavy atom. The number of ether oxygens (including phenoxy) is 1. The molecule has 1 aliphatic heterocycles. The molecule has 1 saturated carbocycles. The molecule has 2 heterocycles. The van der Waals surface area contributed by atoms with E-state index in [9.17, 15) is 0 Å². The van der Waals surface area contributed by atoms with E-state index >= 15 is 0 Å². The SMILES string of the molecule is CN=C(NCc1cc(C(C)C)no1)N1CCC(OCC2CCCC2)CC1.I. The second kappa shape index (κ2) is 11.2. The Morgan fingerprint density at radius 3 is 2.59 bits per heavy atom. The van der Waals surface area contributed by atoms with Gasteiger partial charge in [-0.1, -0.05) is 31.8 Å². The predicted molar refractivity (Wildman–Crippen MR) is 119 cm³/mol. The second-order valence-electron chi connectivity index (χ2n) is 7.94. The number of halogens is 1. The highest BCUT2D eigenvalue weighted by atomic mass is 127. The maximum Gasteiger partial charge on any atom is 0.194 e. The van der Waals surface area contributed by atoms with Crippen molar-refractivity contribution in [1.82, 2.24) is 15.4 Å². The average molecular weight is 490 g/mol. The number of piperidine rings is 1. The average Bonchev–Trinajstić information content (AvgIpc) is 3.33. The fraction of sp³-hybridized carbons (Fsp3) is 0.800. The molecule has 6 nitrogen and oxygen atoms in total. The Labute approximate surface area is 180 Å². The Balaban J connectivity index is 0.00000261. The number of nitrogens with zero attached hydrogens (tertiary/aromatic N) is 3. The van der Waals surface area contributed by atoms with E-state index in [2.05, 4.69) is 34.2 Å².